The molecule has 0 amide bonds. The van der Waals surface area contributed by atoms with Crippen molar-refractivity contribution in [3.05, 3.63) is 59.4 Å². The zero-order valence-electron chi connectivity index (χ0n) is 10.3. The van der Waals surface area contributed by atoms with Crippen LogP contribution in [0.15, 0.2) is 47.4 Å². The lowest BCUT2D eigenvalue weighted by Crippen LogP contribution is -2.22. The summed E-state index contributed by atoms with van der Waals surface area (Å²) in [6.07, 6.45) is 0.929. The molecule has 1 aliphatic carbocycles. The molecule has 0 saturated heterocycles. The van der Waals surface area contributed by atoms with Gasteiger partial charge in [-0.25, -0.2) is 4.39 Å². The van der Waals surface area contributed by atoms with Crippen LogP contribution in [-0.4, -0.2) is 9.96 Å². The van der Waals surface area contributed by atoms with E-state index in [2.05, 4.69) is 12.1 Å². The van der Waals surface area contributed by atoms with Crippen molar-refractivity contribution >= 4 is 16.5 Å². The fourth-order valence-electron chi connectivity index (χ4n) is 2.49. The molecule has 0 fully saturated rings. The molecule has 0 heterocycles. The molecule has 4 heteroatoms. The minimum Gasteiger partial charge on any atom is -0.399 e. The van der Waals surface area contributed by atoms with Crippen LogP contribution in [0.4, 0.5) is 10.1 Å². The van der Waals surface area contributed by atoms with E-state index in [1.54, 1.807) is 6.07 Å². The number of benzene rings is 2. The normalized spacial score (nSPS) is 18.5. The molecule has 2 atom stereocenters. The van der Waals surface area contributed by atoms with Crippen molar-refractivity contribution in [2.45, 2.75) is 17.2 Å². The van der Waals surface area contributed by atoms with Gasteiger partial charge in [-0.3, -0.25) is 4.21 Å². The van der Waals surface area contributed by atoms with E-state index in [1.165, 1.54) is 23.3 Å². The SMILES string of the molecule is Nc1ccc(S(=O)CC2Cc3ccccc32)c(F)c1. The molecular weight excluding hydrogens is 261 g/mol. The lowest BCUT2D eigenvalue weighted by molar-refractivity contribution is 0.592. The molecule has 0 saturated carbocycles. The van der Waals surface area contributed by atoms with Gasteiger partial charge in [0.1, 0.15) is 5.82 Å². The molecule has 2 N–H and O–H groups in total. The van der Waals surface area contributed by atoms with Crippen molar-refractivity contribution in [2.24, 2.45) is 0 Å². The van der Waals surface area contributed by atoms with Crippen molar-refractivity contribution < 1.29 is 8.60 Å². The minimum atomic E-state index is -1.32. The van der Waals surface area contributed by atoms with Gasteiger partial charge in [0, 0.05) is 17.4 Å². The fraction of sp³-hybridized carbons (Fsp3) is 0.200. The molecule has 0 radical (unpaired) electrons. The second kappa shape index (κ2) is 4.78. The van der Waals surface area contributed by atoms with Crippen molar-refractivity contribution in [3.8, 4) is 0 Å². The maximum Gasteiger partial charge on any atom is 0.141 e. The molecule has 1 aliphatic rings. The zero-order valence-corrected chi connectivity index (χ0v) is 11.1. The first kappa shape index (κ1) is 12.4. The lowest BCUT2D eigenvalue weighted by atomic mass is 9.79. The van der Waals surface area contributed by atoms with Gasteiger partial charge < -0.3 is 5.73 Å². The second-order valence-electron chi connectivity index (χ2n) is 4.80. The third-order valence-corrected chi connectivity index (χ3v) is 5.04. The Bertz CT molecular complexity index is 656. The number of halogens is 1. The van der Waals surface area contributed by atoms with Crippen LogP contribution in [0.3, 0.4) is 0 Å². The third kappa shape index (κ3) is 2.28. The van der Waals surface area contributed by atoms with Crippen LogP contribution in [-0.2, 0) is 17.2 Å². The predicted octanol–water partition coefficient (Wildman–Crippen LogP) is 2.86. The maximum atomic E-state index is 13.7. The third-order valence-electron chi connectivity index (χ3n) is 3.52. The van der Waals surface area contributed by atoms with Gasteiger partial charge in [0.2, 0.25) is 0 Å². The zero-order chi connectivity index (χ0) is 13.4. The van der Waals surface area contributed by atoms with E-state index < -0.39 is 16.6 Å². The van der Waals surface area contributed by atoms with E-state index in [9.17, 15) is 8.60 Å². The van der Waals surface area contributed by atoms with Crippen molar-refractivity contribution in [2.75, 3.05) is 11.5 Å². The molecule has 0 aromatic heterocycles. The predicted molar refractivity (Wildman–Crippen MR) is 75.0 cm³/mol. The Labute approximate surface area is 113 Å². The van der Waals surface area contributed by atoms with Gasteiger partial charge >= 0.3 is 0 Å². The molecular formula is C15H14FNOS. The summed E-state index contributed by atoms with van der Waals surface area (Å²) in [5.41, 5.74) is 8.39. The van der Waals surface area contributed by atoms with Crippen LogP contribution >= 0.6 is 0 Å². The molecule has 0 aliphatic heterocycles. The summed E-state index contributed by atoms with van der Waals surface area (Å²) in [6.45, 7) is 0. The molecule has 3 rings (SSSR count). The number of nitrogen functional groups attached to an aromatic ring is 1. The Morgan fingerprint density at radius 2 is 2.05 bits per heavy atom. The number of nitrogens with two attached hydrogens (primary N) is 1. The summed E-state index contributed by atoms with van der Waals surface area (Å²) in [5.74, 6) is 0.262. The number of anilines is 1. The Balaban J connectivity index is 1.77. The van der Waals surface area contributed by atoms with Gasteiger partial charge in [-0.05, 0) is 35.7 Å². The largest absolute Gasteiger partial charge is 0.399 e. The monoisotopic (exact) mass is 275 g/mol. The molecule has 2 unspecified atom stereocenters. The van der Waals surface area contributed by atoms with E-state index in [1.807, 2.05) is 12.1 Å². The van der Waals surface area contributed by atoms with Crippen molar-refractivity contribution in [1.82, 2.24) is 0 Å². The smallest absolute Gasteiger partial charge is 0.141 e. The quantitative estimate of drug-likeness (QED) is 0.875. The molecule has 19 heavy (non-hydrogen) atoms. The second-order valence-corrected chi connectivity index (χ2v) is 6.27. The summed E-state index contributed by atoms with van der Waals surface area (Å²) in [7, 11) is -1.32. The van der Waals surface area contributed by atoms with Crippen molar-refractivity contribution in [1.29, 1.82) is 0 Å². The fourth-order valence-corrected chi connectivity index (χ4v) is 3.82. The summed E-state index contributed by atoms with van der Waals surface area (Å²) >= 11 is 0. The van der Waals surface area contributed by atoms with Gasteiger partial charge in [0.15, 0.2) is 0 Å². The average molecular weight is 275 g/mol. The van der Waals surface area contributed by atoms with Crippen LogP contribution in [0.2, 0.25) is 0 Å². The maximum absolute atomic E-state index is 13.7. The van der Waals surface area contributed by atoms with E-state index >= 15 is 0 Å². The molecule has 2 nitrogen and oxygen atoms in total. The van der Waals surface area contributed by atoms with E-state index in [4.69, 9.17) is 5.73 Å². The highest BCUT2D eigenvalue weighted by Gasteiger charge is 2.28. The van der Waals surface area contributed by atoms with Gasteiger partial charge in [0.05, 0.1) is 15.7 Å². The molecule has 0 spiro atoms. The van der Waals surface area contributed by atoms with E-state index in [-0.39, 0.29) is 10.8 Å². The van der Waals surface area contributed by atoms with Gasteiger partial charge in [-0.15, -0.1) is 0 Å². The number of rotatable bonds is 3. The Hall–Kier alpha value is -1.68. The van der Waals surface area contributed by atoms with E-state index in [0.29, 0.717) is 11.4 Å². The summed E-state index contributed by atoms with van der Waals surface area (Å²) in [6, 6.07) is 12.5. The first-order valence-electron chi connectivity index (χ1n) is 6.16. The standard InChI is InChI=1S/C15H14FNOS/c16-14-8-12(17)5-6-15(14)19(18)9-11-7-10-3-1-2-4-13(10)11/h1-6,8,11H,7,9,17H2. The Morgan fingerprint density at radius 3 is 2.79 bits per heavy atom. The first-order valence-corrected chi connectivity index (χ1v) is 7.48. The van der Waals surface area contributed by atoms with Crippen LogP contribution in [0.25, 0.3) is 0 Å². The van der Waals surface area contributed by atoms with Crippen LogP contribution in [0, 0.1) is 5.82 Å². The van der Waals surface area contributed by atoms with Crippen LogP contribution in [0.5, 0.6) is 0 Å². The molecule has 2 aromatic rings. The summed E-state index contributed by atoms with van der Waals surface area (Å²) in [4.78, 5) is 0.249. The first-order chi connectivity index (χ1) is 9.15. The average Bonchev–Trinajstić information content (AvgIpc) is 2.35. The highest BCUT2D eigenvalue weighted by Crippen LogP contribution is 2.36. The number of hydrogen-bond donors (Lipinski definition) is 1. The Kier molecular flexibility index (Phi) is 3.11. The minimum absolute atomic E-state index is 0.249. The molecule has 98 valence electrons. The van der Waals surface area contributed by atoms with Crippen molar-refractivity contribution in [3.63, 3.8) is 0 Å². The molecule has 0 bridgehead atoms. The van der Waals surface area contributed by atoms with Gasteiger partial charge in [0.25, 0.3) is 0 Å². The number of hydrogen-bond acceptors (Lipinski definition) is 2. The van der Waals surface area contributed by atoms with Crippen LogP contribution in [0.1, 0.15) is 17.0 Å². The summed E-state index contributed by atoms with van der Waals surface area (Å²) in [5, 5.41) is 0. The number of fused-ring (bicyclic) bond motifs is 1. The van der Waals surface area contributed by atoms with Crippen LogP contribution < -0.4 is 5.73 Å². The molecule has 2 aromatic carbocycles. The summed E-state index contributed by atoms with van der Waals surface area (Å²) < 4.78 is 25.9. The van der Waals surface area contributed by atoms with Gasteiger partial charge in [-0.2, -0.15) is 0 Å². The highest BCUT2D eigenvalue weighted by molar-refractivity contribution is 7.85. The van der Waals surface area contributed by atoms with E-state index in [0.717, 1.165) is 6.42 Å². The lowest BCUT2D eigenvalue weighted by Gasteiger charge is -2.29. The highest BCUT2D eigenvalue weighted by atomic mass is 32.2. The topological polar surface area (TPSA) is 43.1 Å². The van der Waals surface area contributed by atoms with Gasteiger partial charge in [-0.1, -0.05) is 24.3 Å². The Morgan fingerprint density at radius 1 is 1.26 bits per heavy atom.